The number of hydrogen-bond acceptors (Lipinski definition) is 4. The Morgan fingerprint density at radius 2 is 2.26 bits per heavy atom. The van der Waals surface area contributed by atoms with Gasteiger partial charge in [-0.1, -0.05) is 6.07 Å². The first-order chi connectivity index (χ1) is 9.09. The molecule has 1 heterocycles. The molecule has 0 radical (unpaired) electrons. The van der Waals surface area contributed by atoms with Crippen molar-refractivity contribution in [3.05, 3.63) is 41.8 Å². The van der Waals surface area contributed by atoms with E-state index < -0.39 is 12.0 Å². The van der Waals surface area contributed by atoms with Crippen LogP contribution in [0.1, 0.15) is 5.56 Å². The highest BCUT2D eigenvalue weighted by Crippen LogP contribution is 2.23. The van der Waals surface area contributed by atoms with Gasteiger partial charge in [-0.05, 0) is 23.8 Å². The number of fused-ring (bicyclic) bond motifs is 1. The van der Waals surface area contributed by atoms with Crippen LogP contribution in [-0.2, 0) is 10.5 Å². The van der Waals surface area contributed by atoms with E-state index in [1.165, 1.54) is 17.8 Å². The van der Waals surface area contributed by atoms with Gasteiger partial charge in [0.15, 0.2) is 0 Å². The van der Waals surface area contributed by atoms with Gasteiger partial charge in [0.05, 0.1) is 5.52 Å². The molecule has 2 aromatic rings. The molecule has 0 fully saturated rings. The van der Waals surface area contributed by atoms with Gasteiger partial charge in [-0.25, -0.2) is 4.39 Å². The molecule has 0 saturated heterocycles. The first-order valence-corrected chi connectivity index (χ1v) is 6.83. The van der Waals surface area contributed by atoms with E-state index in [1.54, 1.807) is 24.4 Å². The molecule has 6 heteroatoms. The molecule has 0 aliphatic heterocycles. The second-order valence-electron chi connectivity index (χ2n) is 4.07. The van der Waals surface area contributed by atoms with Gasteiger partial charge in [0.25, 0.3) is 0 Å². The lowest BCUT2D eigenvalue weighted by molar-refractivity contribution is -0.137. The van der Waals surface area contributed by atoms with Crippen LogP contribution in [0.4, 0.5) is 4.39 Å². The second-order valence-corrected chi connectivity index (χ2v) is 5.10. The van der Waals surface area contributed by atoms with E-state index in [2.05, 4.69) is 4.98 Å². The summed E-state index contributed by atoms with van der Waals surface area (Å²) in [5, 5.41) is 9.16. The third kappa shape index (κ3) is 3.21. The van der Waals surface area contributed by atoms with Crippen molar-refractivity contribution >= 4 is 28.6 Å². The molecule has 4 nitrogen and oxygen atoms in total. The maximum absolute atomic E-state index is 13.6. The lowest BCUT2D eigenvalue weighted by atomic mass is 10.1. The summed E-state index contributed by atoms with van der Waals surface area (Å²) in [6.45, 7) is 0. The molecular formula is C13H13FN2O2S. The van der Waals surface area contributed by atoms with Crippen LogP contribution in [0, 0.1) is 5.82 Å². The largest absolute Gasteiger partial charge is 0.480 e. The summed E-state index contributed by atoms with van der Waals surface area (Å²) in [7, 11) is 0. The predicted molar refractivity (Wildman–Crippen MR) is 73.5 cm³/mol. The topological polar surface area (TPSA) is 76.2 Å². The first kappa shape index (κ1) is 13.8. The molecule has 0 spiro atoms. The highest BCUT2D eigenvalue weighted by Gasteiger charge is 2.12. The molecule has 0 aliphatic carbocycles. The van der Waals surface area contributed by atoms with Crippen molar-refractivity contribution < 1.29 is 14.3 Å². The summed E-state index contributed by atoms with van der Waals surface area (Å²) in [5.74, 6) is -0.468. The average Bonchev–Trinajstić information content (AvgIpc) is 2.41. The zero-order valence-electron chi connectivity index (χ0n) is 10.0. The molecule has 0 saturated carbocycles. The molecule has 0 bridgehead atoms. The summed E-state index contributed by atoms with van der Waals surface area (Å²) in [6.07, 6.45) is 1.61. The van der Waals surface area contributed by atoms with Crippen LogP contribution in [0.2, 0.25) is 0 Å². The van der Waals surface area contributed by atoms with Gasteiger partial charge < -0.3 is 10.8 Å². The van der Waals surface area contributed by atoms with Gasteiger partial charge in [0.1, 0.15) is 11.9 Å². The monoisotopic (exact) mass is 280 g/mol. The SMILES string of the molecule is N[C@@H](CSCc1ccc(F)c2cccnc12)C(=O)O. The molecule has 1 atom stereocenters. The number of carboxylic acids is 1. The quantitative estimate of drug-likeness (QED) is 0.876. The number of nitrogens with two attached hydrogens (primary N) is 1. The van der Waals surface area contributed by atoms with Crippen LogP contribution in [0.25, 0.3) is 10.9 Å². The minimum Gasteiger partial charge on any atom is -0.480 e. The Morgan fingerprint density at radius 1 is 1.47 bits per heavy atom. The number of aromatic nitrogens is 1. The fourth-order valence-corrected chi connectivity index (χ4v) is 2.65. The molecule has 0 unspecified atom stereocenters. The molecule has 0 aliphatic rings. The minimum absolute atomic E-state index is 0.306. The number of benzene rings is 1. The van der Waals surface area contributed by atoms with Crippen LogP contribution < -0.4 is 5.73 Å². The van der Waals surface area contributed by atoms with Crippen molar-refractivity contribution in [2.75, 3.05) is 5.75 Å². The van der Waals surface area contributed by atoms with E-state index in [4.69, 9.17) is 10.8 Å². The van der Waals surface area contributed by atoms with Crippen molar-refractivity contribution in [2.45, 2.75) is 11.8 Å². The number of halogens is 1. The Hall–Kier alpha value is -1.66. The number of pyridine rings is 1. The third-order valence-corrected chi connectivity index (χ3v) is 3.78. The van der Waals surface area contributed by atoms with E-state index >= 15 is 0 Å². The summed E-state index contributed by atoms with van der Waals surface area (Å²) in [4.78, 5) is 14.8. The molecule has 1 aromatic heterocycles. The highest BCUT2D eigenvalue weighted by molar-refractivity contribution is 7.98. The van der Waals surface area contributed by atoms with E-state index in [9.17, 15) is 9.18 Å². The first-order valence-electron chi connectivity index (χ1n) is 5.68. The van der Waals surface area contributed by atoms with Gasteiger partial charge in [0.2, 0.25) is 0 Å². The van der Waals surface area contributed by atoms with Gasteiger partial charge in [-0.15, -0.1) is 0 Å². The summed E-state index contributed by atoms with van der Waals surface area (Å²) in [5.41, 5.74) is 6.91. The Bertz CT molecular complexity index is 606. The number of nitrogens with zero attached hydrogens (tertiary/aromatic N) is 1. The highest BCUT2D eigenvalue weighted by atomic mass is 32.2. The molecule has 2 rings (SSSR count). The van der Waals surface area contributed by atoms with Crippen LogP contribution >= 0.6 is 11.8 Å². The molecule has 3 N–H and O–H groups in total. The Labute approximate surface area is 113 Å². The molecule has 100 valence electrons. The lowest BCUT2D eigenvalue weighted by Crippen LogP contribution is -2.32. The zero-order valence-corrected chi connectivity index (χ0v) is 10.9. The fraction of sp³-hybridized carbons (Fsp3) is 0.231. The van der Waals surface area contributed by atoms with E-state index in [1.807, 2.05) is 0 Å². The number of carboxylic acid groups (broad SMARTS) is 1. The molecule has 1 aromatic carbocycles. The average molecular weight is 280 g/mol. The number of rotatable bonds is 5. The second kappa shape index (κ2) is 5.99. The maximum Gasteiger partial charge on any atom is 0.321 e. The predicted octanol–water partition coefficient (Wildman–Crippen LogP) is 2.02. The number of aliphatic carboxylic acids is 1. The Balaban J connectivity index is 2.13. The molecular weight excluding hydrogens is 267 g/mol. The number of thioether (sulfide) groups is 1. The Morgan fingerprint density at radius 3 is 3.00 bits per heavy atom. The van der Waals surface area contributed by atoms with Crippen LogP contribution in [0.3, 0.4) is 0 Å². The summed E-state index contributed by atoms with van der Waals surface area (Å²) >= 11 is 1.40. The smallest absolute Gasteiger partial charge is 0.321 e. The number of hydrogen-bond donors (Lipinski definition) is 2. The van der Waals surface area contributed by atoms with Crippen molar-refractivity contribution in [3.8, 4) is 0 Å². The van der Waals surface area contributed by atoms with Crippen molar-refractivity contribution in [1.82, 2.24) is 4.98 Å². The minimum atomic E-state index is -1.02. The zero-order chi connectivity index (χ0) is 13.8. The lowest BCUT2D eigenvalue weighted by Gasteiger charge is -2.08. The maximum atomic E-state index is 13.6. The summed E-state index contributed by atoms with van der Waals surface area (Å²) in [6, 6.07) is 5.54. The Kier molecular flexibility index (Phi) is 4.34. The summed E-state index contributed by atoms with van der Waals surface area (Å²) < 4.78 is 13.6. The third-order valence-electron chi connectivity index (χ3n) is 2.67. The van der Waals surface area contributed by atoms with Crippen LogP contribution in [-0.4, -0.2) is 27.9 Å². The van der Waals surface area contributed by atoms with Gasteiger partial charge in [0, 0.05) is 23.1 Å². The van der Waals surface area contributed by atoms with Gasteiger partial charge in [-0.3, -0.25) is 9.78 Å². The fourth-order valence-electron chi connectivity index (χ4n) is 1.68. The van der Waals surface area contributed by atoms with Crippen molar-refractivity contribution in [3.63, 3.8) is 0 Å². The molecule has 0 amide bonds. The van der Waals surface area contributed by atoms with Crippen LogP contribution in [0.15, 0.2) is 30.5 Å². The van der Waals surface area contributed by atoms with E-state index in [0.29, 0.717) is 22.4 Å². The van der Waals surface area contributed by atoms with Gasteiger partial charge in [-0.2, -0.15) is 11.8 Å². The van der Waals surface area contributed by atoms with E-state index in [0.717, 1.165) is 5.56 Å². The standard InChI is InChI=1S/C13H13FN2O2S/c14-10-4-3-8(6-19-7-11(15)13(17)18)12-9(10)2-1-5-16-12/h1-5,11H,6-7,15H2,(H,17,18)/t11-/m0/s1. The molecule has 19 heavy (non-hydrogen) atoms. The normalized spacial score (nSPS) is 12.5. The van der Waals surface area contributed by atoms with E-state index in [-0.39, 0.29) is 5.82 Å². The number of carbonyl (C=O) groups is 1. The van der Waals surface area contributed by atoms with Crippen LogP contribution in [0.5, 0.6) is 0 Å². The van der Waals surface area contributed by atoms with Gasteiger partial charge >= 0.3 is 5.97 Å². The van der Waals surface area contributed by atoms with Crippen molar-refractivity contribution in [1.29, 1.82) is 0 Å². The van der Waals surface area contributed by atoms with Crippen molar-refractivity contribution in [2.24, 2.45) is 5.73 Å².